The standard InChI is InChI=1S/C47H31NO/c1-2-15-33(16-3-1)37-18-8-12-24-44(37)48(35-27-26-32-14-4-5-17-34(32)30-35)36-28-29-43-46(31-36)49-45-25-13-11-23-42(45)47(43)40-21-9-6-19-38(40)39-20-7-10-22-41(39)47/h1-31H. The number of ether oxygens (including phenoxy) is 1. The van der Waals surface area contributed by atoms with Crippen molar-refractivity contribution in [2.24, 2.45) is 0 Å². The topological polar surface area (TPSA) is 12.5 Å². The highest BCUT2D eigenvalue weighted by atomic mass is 16.5. The summed E-state index contributed by atoms with van der Waals surface area (Å²) in [6, 6.07) is 67.8. The van der Waals surface area contributed by atoms with Crippen molar-refractivity contribution in [1.82, 2.24) is 0 Å². The zero-order valence-corrected chi connectivity index (χ0v) is 26.8. The van der Waals surface area contributed by atoms with E-state index in [1.54, 1.807) is 0 Å². The summed E-state index contributed by atoms with van der Waals surface area (Å²) in [5.41, 5.74) is 12.5. The zero-order valence-electron chi connectivity index (χ0n) is 26.8. The molecule has 8 aromatic carbocycles. The van der Waals surface area contributed by atoms with Gasteiger partial charge in [0.15, 0.2) is 0 Å². The third-order valence-electron chi connectivity index (χ3n) is 10.3. The lowest BCUT2D eigenvalue weighted by molar-refractivity contribution is 0.436. The third kappa shape index (κ3) is 4.07. The Morgan fingerprint density at radius 1 is 0.367 bits per heavy atom. The van der Waals surface area contributed by atoms with Gasteiger partial charge >= 0.3 is 0 Å². The van der Waals surface area contributed by atoms with Crippen LogP contribution in [0.25, 0.3) is 33.0 Å². The van der Waals surface area contributed by atoms with Crippen LogP contribution in [0.1, 0.15) is 22.3 Å². The SMILES string of the molecule is c1ccc(-c2ccccc2N(c2ccc3c(c2)Oc2ccccc2C32c3ccccc3-c3ccccc32)c2ccc3ccccc3c2)cc1. The van der Waals surface area contributed by atoms with Crippen LogP contribution in [0.3, 0.4) is 0 Å². The number of rotatable bonds is 4. The minimum Gasteiger partial charge on any atom is -0.457 e. The normalized spacial score (nSPS) is 13.2. The first-order valence-corrected chi connectivity index (χ1v) is 16.9. The lowest BCUT2D eigenvalue weighted by Gasteiger charge is -2.40. The number of hydrogen-bond acceptors (Lipinski definition) is 2. The van der Waals surface area contributed by atoms with Crippen LogP contribution in [0, 0.1) is 0 Å². The van der Waals surface area contributed by atoms with Crippen molar-refractivity contribution in [2.75, 3.05) is 4.90 Å². The summed E-state index contributed by atoms with van der Waals surface area (Å²) in [4.78, 5) is 2.38. The van der Waals surface area contributed by atoms with E-state index in [0.717, 1.165) is 39.7 Å². The van der Waals surface area contributed by atoms with Crippen LogP contribution >= 0.6 is 0 Å². The van der Waals surface area contributed by atoms with Gasteiger partial charge in [-0.25, -0.2) is 0 Å². The van der Waals surface area contributed by atoms with Crippen molar-refractivity contribution in [3.63, 3.8) is 0 Å². The highest BCUT2D eigenvalue weighted by Crippen LogP contribution is 2.62. The van der Waals surface area contributed by atoms with Crippen LogP contribution in [0.2, 0.25) is 0 Å². The van der Waals surface area contributed by atoms with Gasteiger partial charge in [0, 0.05) is 34.1 Å². The monoisotopic (exact) mass is 625 g/mol. The van der Waals surface area contributed by atoms with E-state index in [4.69, 9.17) is 4.74 Å². The third-order valence-corrected chi connectivity index (χ3v) is 10.3. The van der Waals surface area contributed by atoms with Crippen LogP contribution in [-0.2, 0) is 5.41 Å². The molecule has 0 aromatic heterocycles. The van der Waals surface area contributed by atoms with Crippen LogP contribution in [0.15, 0.2) is 188 Å². The summed E-state index contributed by atoms with van der Waals surface area (Å²) < 4.78 is 6.92. The fourth-order valence-corrected chi connectivity index (χ4v) is 8.26. The van der Waals surface area contributed by atoms with E-state index in [2.05, 4.69) is 193 Å². The van der Waals surface area contributed by atoms with E-state index < -0.39 is 5.41 Å². The Balaban J connectivity index is 1.24. The molecule has 0 saturated carbocycles. The Bertz CT molecular complexity index is 2500. The summed E-state index contributed by atoms with van der Waals surface area (Å²) >= 11 is 0. The van der Waals surface area contributed by atoms with Crippen LogP contribution < -0.4 is 9.64 Å². The van der Waals surface area contributed by atoms with Gasteiger partial charge in [0.25, 0.3) is 0 Å². The van der Waals surface area contributed by atoms with Gasteiger partial charge in [-0.05, 0) is 68.9 Å². The summed E-state index contributed by atoms with van der Waals surface area (Å²) in [6.07, 6.45) is 0. The van der Waals surface area contributed by atoms with Crippen molar-refractivity contribution in [1.29, 1.82) is 0 Å². The van der Waals surface area contributed by atoms with Crippen molar-refractivity contribution >= 4 is 27.8 Å². The molecule has 2 nitrogen and oxygen atoms in total. The van der Waals surface area contributed by atoms with Gasteiger partial charge in [0.1, 0.15) is 11.5 Å². The van der Waals surface area contributed by atoms with Gasteiger partial charge in [-0.1, -0.05) is 152 Å². The smallest absolute Gasteiger partial charge is 0.134 e. The van der Waals surface area contributed by atoms with E-state index in [1.165, 1.54) is 44.2 Å². The molecular weight excluding hydrogens is 595 g/mol. The van der Waals surface area contributed by atoms with E-state index in [-0.39, 0.29) is 0 Å². The highest BCUT2D eigenvalue weighted by molar-refractivity contribution is 5.94. The summed E-state index contributed by atoms with van der Waals surface area (Å²) in [5, 5.41) is 2.41. The van der Waals surface area contributed by atoms with Crippen LogP contribution in [0.5, 0.6) is 11.5 Å². The molecule has 0 N–H and O–H groups in total. The van der Waals surface area contributed by atoms with Crippen molar-refractivity contribution in [2.45, 2.75) is 5.41 Å². The molecule has 0 saturated heterocycles. The molecule has 0 fully saturated rings. The fraction of sp³-hybridized carbons (Fsp3) is 0.0213. The first-order chi connectivity index (χ1) is 24.3. The van der Waals surface area contributed by atoms with E-state index in [0.29, 0.717) is 0 Å². The Labute approximate surface area is 286 Å². The summed E-state index contributed by atoms with van der Waals surface area (Å²) in [5.74, 6) is 1.76. The first-order valence-electron chi connectivity index (χ1n) is 16.9. The molecule has 0 bridgehead atoms. The van der Waals surface area contributed by atoms with Gasteiger partial charge in [-0.2, -0.15) is 0 Å². The largest absolute Gasteiger partial charge is 0.457 e. The van der Waals surface area contributed by atoms with Gasteiger partial charge in [0.05, 0.1) is 11.1 Å². The molecule has 8 aromatic rings. The minimum absolute atomic E-state index is 0.494. The minimum atomic E-state index is -0.494. The second-order valence-electron chi connectivity index (χ2n) is 12.9. The van der Waals surface area contributed by atoms with Crippen LogP contribution in [-0.4, -0.2) is 0 Å². The Hall–Kier alpha value is -6.38. The fourth-order valence-electron chi connectivity index (χ4n) is 8.26. The predicted molar refractivity (Wildman–Crippen MR) is 201 cm³/mol. The Kier molecular flexibility index (Phi) is 6.13. The molecule has 0 amide bonds. The molecule has 10 rings (SSSR count). The quantitative estimate of drug-likeness (QED) is 0.193. The second-order valence-corrected chi connectivity index (χ2v) is 12.9. The molecular formula is C47H31NO. The maximum absolute atomic E-state index is 6.92. The van der Waals surface area contributed by atoms with E-state index in [9.17, 15) is 0 Å². The summed E-state index contributed by atoms with van der Waals surface area (Å²) in [7, 11) is 0. The van der Waals surface area contributed by atoms with Gasteiger partial charge in [-0.15, -0.1) is 0 Å². The van der Waals surface area contributed by atoms with E-state index in [1.807, 2.05) is 0 Å². The molecule has 0 unspecified atom stereocenters. The predicted octanol–water partition coefficient (Wildman–Crippen LogP) is 12.4. The number of benzene rings is 8. The molecule has 1 spiro atoms. The summed E-state index contributed by atoms with van der Waals surface area (Å²) in [6.45, 7) is 0. The Morgan fingerprint density at radius 2 is 0.918 bits per heavy atom. The van der Waals surface area contributed by atoms with Crippen molar-refractivity contribution < 1.29 is 4.74 Å². The first kappa shape index (κ1) is 27.7. The average molecular weight is 626 g/mol. The maximum Gasteiger partial charge on any atom is 0.134 e. The molecule has 0 atom stereocenters. The maximum atomic E-state index is 6.92. The number of anilines is 3. The van der Waals surface area contributed by atoms with Gasteiger partial charge < -0.3 is 9.64 Å². The molecule has 2 aliphatic rings. The lowest BCUT2D eigenvalue weighted by Crippen LogP contribution is -2.32. The van der Waals surface area contributed by atoms with Crippen molar-refractivity contribution in [3.8, 4) is 33.8 Å². The lowest BCUT2D eigenvalue weighted by atomic mass is 9.66. The number of fused-ring (bicyclic) bond motifs is 10. The average Bonchev–Trinajstić information content (AvgIpc) is 3.46. The number of para-hydroxylation sites is 2. The number of hydrogen-bond donors (Lipinski definition) is 0. The molecule has 1 aliphatic carbocycles. The van der Waals surface area contributed by atoms with E-state index >= 15 is 0 Å². The molecule has 1 aliphatic heterocycles. The number of nitrogens with zero attached hydrogens (tertiary/aromatic N) is 1. The Morgan fingerprint density at radius 3 is 1.69 bits per heavy atom. The molecule has 49 heavy (non-hydrogen) atoms. The zero-order chi connectivity index (χ0) is 32.4. The van der Waals surface area contributed by atoms with Gasteiger partial charge in [-0.3, -0.25) is 0 Å². The molecule has 1 heterocycles. The molecule has 230 valence electrons. The molecule has 2 heteroatoms. The second kappa shape index (κ2) is 10.8. The molecule has 0 radical (unpaired) electrons. The van der Waals surface area contributed by atoms with Crippen LogP contribution in [0.4, 0.5) is 17.1 Å². The van der Waals surface area contributed by atoms with Crippen molar-refractivity contribution in [3.05, 3.63) is 210 Å². The van der Waals surface area contributed by atoms with Gasteiger partial charge in [0.2, 0.25) is 0 Å². The highest BCUT2D eigenvalue weighted by Gasteiger charge is 2.51.